The average Bonchev–Trinajstić information content (AvgIpc) is 3.21. The zero-order valence-electron chi connectivity index (χ0n) is 12.0. The summed E-state index contributed by atoms with van der Waals surface area (Å²) in [5.74, 6) is 1.80. The zero-order chi connectivity index (χ0) is 13.7. The molecule has 4 heteroatoms. The summed E-state index contributed by atoms with van der Waals surface area (Å²) in [5.41, 5.74) is 2.31. The van der Waals surface area contributed by atoms with Crippen LogP contribution in [0.1, 0.15) is 30.9 Å². The monoisotopic (exact) mass is 261 g/mol. The van der Waals surface area contributed by atoms with E-state index in [1.54, 1.807) is 7.11 Å². The van der Waals surface area contributed by atoms with Gasteiger partial charge in [-0.3, -0.25) is 0 Å². The van der Waals surface area contributed by atoms with Crippen LogP contribution in [0.3, 0.4) is 0 Å². The molecule has 19 heavy (non-hydrogen) atoms. The highest BCUT2D eigenvalue weighted by molar-refractivity contribution is 5.80. The van der Waals surface area contributed by atoms with Gasteiger partial charge >= 0.3 is 0 Å². The van der Waals surface area contributed by atoms with Crippen LogP contribution >= 0.6 is 0 Å². The topological polar surface area (TPSA) is 45.7 Å². The first kappa shape index (κ1) is 13.7. The molecule has 1 fully saturated rings. The molecule has 4 nitrogen and oxygen atoms in total. The second kappa shape index (κ2) is 6.45. The van der Waals surface area contributed by atoms with Gasteiger partial charge in [-0.15, -0.1) is 0 Å². The van der Waals surface area contributed by atoms with Crippen molar-refractivity contribution >= 4 is 5.96 Å². The van der Waals surface area contributed by atoms with Crippen molar-refractivity contribution in [3.05, 3.63) is 29.3 Å². The van der Waals surface area contributed by atoms with Crippen molar-refractivity contribution in [3.8, 4) is 5.75 Å². The van der Waals surface area contributed by atoms with Crippen molar-refractivity contribution in [1.82, 2.24) is 10.6 Å². The molecule has 0 saturated heterocycles. The van der Waals surface area contributed by atoms with Gasteiger partial charge in [-0.25, -0.2) is 4.99 Å². The van der Waals surface area contributed by atoms with Gasteiger partial charge in [0.15, 0.2) is 5.96 Å². The van der Waals surface area contributed by atoms with E-state index in [0.29, 0.717) is 12.6 Å². The molecule has 1 saturated carbocycles. The number of guanidine groups is 1. The Hall–Kier alpha value is -1.71. The minimum Gasteiger partial charge on any atom is -0.496 e. The van der Waals surface area contributed by atoms with E-state index in [1.807, 2.05) is 6.07 Å². The van der Waals surface area contributed by atoms with Gasteiger partial charge in [0.05, 0.1) is 13.7 Å². The Morgan fingerprint density at radius 2 is 2.21 bits per heavy atom. The average molecular weight is 261 g/mol. The molecule has 0 atom stereocenters. The van der Waals surface area contributed by atoms with Gasteiger partial charge in [0, 0.05) is 18.2 Å². The fraction of sp³-hybridized carbons (Fsp3) is 0.533. The number of hydrogen-bond donors (Lipinski definition) is 2. The molecular weight excluding hydrogens is 238 g/mol. The number of rotatable bonds is 5. The lowest BCUT2D eigenvalue weighted by Crippen LogP contribution is -2.38. The van der Waals surface area contributed by atoms with Crippen molar-refractivity contribution in [2.75, 3.05) is 13.7 Å². The van der Waals surface area contributed by atoms with E-state index in [-0.39, 0.29) is 0 Å². The molecule has 2 rings (SSSR count). The van der Waals surface area contributed by atoms with Crippen LogP contribution in [0.2, 0.25) is 0 Å². The summed E-state index contributed by atoms with van der Waals surface area (Å²) in [6.45, 7) is 5.65. The van der Waals surface area contributed by atoms with Crippen LogP contribution in [-0.2, 0) is 6.54 Å². The summed E-state index contributed by atoms with van der Waals surface area (Å²) >= 11 is 0. The van der Waals surface area contributed by atoms with Crippen LogP contribution < -0.4 is 15.4 Å². The molecule has 1 aromatic carbocycles. The van der Waals surface area contributed by atoms with E-state index in [0.717, 1.165) is 23.8 Å². The normalized spacial score (nSPS) is 15.2. The third kappa shape index (κ3) is 4.16. The molecule has 0 aliphatic heterocycles. The Bertz CT molecular complexity index is 453. The van der Waals surface area contributed by atoms with Gasteiger partial charge in [0.25, 0.3) is 0 Å². The van der Waals surface area contributed by atoms with Gasteiger partial charge < -0.3 is 15.4 Å². The number of aryl methyl sites for hydroxylation is 1. The maximum atomic E-state index is 5.40. The second-order valence-electron chi connectivity index (χ2n) is 4.93. The lowest BCUT2D eigenvalue weighted by molar-refractivity contribution is 0.409. The molecule has 0 amide bonds. The third-order valence-electron chi connectivity index (χ3n) is 3.11. The maximum absolute atomic E-state index is 5.40. The Kier molecular flexibility index (Phi) is 4.66. The van der Waals surface area contributed by atoms with Crippen LogP contribution in [0.15, 0.2) is 23.2 Å². The molecule has 1 aromatic rings. The van der Waals surface area contributed by atoms with Gasteiger partial charge in [-0.2, -0.15) is 0 Å². The summed E-state index contributed by atoms with van der Waals surface area (Å²) in [7, 11) is 1.70. The quantitative estimate of drug-likeness (QED) is 0.631. The fourth-order valence-electron chi connectivity index (χ4n) is 1.89. The summed E-state index contributed by atoms with van der Waals surface area (Å²) < 4.78 is 5.40. The lowest BCUT2D eigenvalue weighted by atomic mass is 10.1. The molecule has 104 valence electrons. The van der Waals surface area contributed by atoms with E-state index in [1.165, 1.54) is 18.4 Å². The van der Waals surface area contributed by atoms with Crippen molar-refractivity contribution in [2.24, 2.45) is 4.99 Å². The lowest BCUT2D eigenvalue weighted by Gasteiger charge is -2.11. The van der Waals surface area contributed by atoms with Crippen molar-refractivity contribution in [1.29, 1.82) is 0 Å². The Balaban J connectivity index is 2.05. The van der Waals surface area contributed by atoms with Gasteiger partial charge in [0.2, 0.25) is 0 Å². The second-order valence-corrected chi connectivity index (χ2v) is 4.93. The number of hydrogen-bond acceptors (Lipinski definition) is 2. The summed E-state index contributed by atoms with van der Waals surface area (Å²) in [4.78, 5) is 4.62. The van der Waals surface area contributed by atoms with Crippen LogP contribution in [0.4, 0.5) is 0 Å². The molecule has 0 radical (unpaired) electrons. The molecule has 2 N–H and O–H groups in total. The Morgan fingerprint density at radius 3 is 2.84 bits per heavy atom. The standard InChI is InChI=1S/C15H23N3O/c1-4-16-15(18-13-7-8-13)17-10-12-6-5-11(2)9-14(12)19-3/h5-6,9,13H,4,7-8,10H2,1-3H3,(H2,16,17,18). The number of nitrogens with zero attached hydrogens (tertiary/aromatic N) is 1. The third-order valence-corrected chi connectivity index (χ3v) is 3.11. The predicted octanol–water partition coefficient (Wildman–Crippen LogP) is 2.22. The molecule has 0 unspecified atom stereocenters. The summed E-state index contributed by atoms with van der Waals surface area (Å²) in [6, 6.07) is 6.83. The van der Waals surface area contributed by atoms with E-state index < -0.39 is 0 Å². The van der Waals surface area contributed by atoms with Crippen LogP contribution in [0.5, 0.6) is 5.75 Å². The summed E-state index contributed by atoms with van der Waals surface area (Å²) in [5, 5.41) is 6.68. The highest BCUT2D eigenvalue weighted by Crippen LogP contribution is 2.21. The smallest absolute Gasteiger partial charge is 0.191 e. The molecule has 0 spiro atoms. The highest BCUT2D eigenvalue weighted by Gasteiger charge is 2.22. The maximum Gasteiger partial charge on any atom is 0.191 e. The fourth-order valence-corrected chi connectivity index (χ4v) is 1.89. The number of ether oxygens (including phenoxy) is 1. The Labute approximate surface area is 115 Å². The van der Waals surface area contributed by atoms with Gasteiger partial charge in [0.1, 0.15) is 5.75 Å². The van der Waals surface area contributed by atoms with Crippen LogP contribution in [-0.4, -0.2) is 25.7 Å². The molecule has 0 bridgehead atoms. The van der Waals surface area contributed by atoms with E-state index >= 15 is 0 Å². The first-order chi connectivity index (χ1) is 9.22. The number of benzene rings is 1. The highest BCUT2D eigenvalue weighted by atomic mass is 16.5. The van der Waals surface area contributed by atoms with Gasteiger partial charge in [-0.05, 0) is 38.3 Å². The SMILES string of the molecule is CCNC(=NCc1ccc(C)cc1OC)NC1CC1. The molecular formula is C15H23N3O. The minimum atomic E-state index is 0.609. The molecule has 0 heterocycles. The number of aliphatic imine (C=N–C) groups is 1. The minimum absolute atomic E-state index is 0.609. The largest absolute Gasteiger partial charge is 0.496 e. The predicted molar refractivity (Wildman–Crippen MR) is 78.7 cm³/mol. The molecule has 1 aliphatic rings. The van der Waals surface area contributed by atoms with E-state index in [2.05, 4.69) is 41.6 Å². The number of nitrogens with one attached hydrogen (secondary N) is 2. The van der Waals surface area contributed by atoms with Crippen molar-refractivity contribution < 1.29 is 4.74 Å². The molecule has 0 aromatic heterocycles. The van der Waals surface area contributed by atoms with Crippen LogP contribution in [0.25, 0.3) is 0 Å². The first-order valence-corrected chi connectivity index (χ1v) is 6.91. The number of methoxy groups -OCH3 is 1. The molecule has 1 aliphatic carbocycles. The first-order valence-electron chi connectivity index (χ1n) is 6.91. The van der Waals surface area contributed by atoms with Crippen LogP contribution in [0, 0.1) is 6.92 Å². The van der Waals surface area contributed by atoms with Gasteiger partial charge in [-0.1, -0.05) is 12.1 Å². The zero-order valence-corrected chi connectivity index (χ0v) is 12.0. The van der Waals surface area contributed by atoms with E-state index in [9.17, 15) is 0 Å². The van der Waals surface area contributed by atoms with E-state index in [4.69, 9.17) is 4.74 Å². The summed E-state index contributed by atoms with van der Waals surface area (Å²) in [6.07, 6.45) is 2.50. The Morgan fingerprint density at radius 1 is 1.42 bits per heavy atom. The van der Waals surface area contributed by atoms with Crippen molar-refractivity contribution in [3.63, 3.8) is 0 Å². The van der Waals surface area contributed by atoms with Crippen molar-refractivity contribution in [2.45, 2.75) is 39.3 Å².